The van der Waals surface area contributed by atoms with Gasteiger partial charge in [0.05, 0.1) is 6.20 Å². The number of nitrogens with zero attached hydrogens (tertiary/aromatic N) is 5. The molecule has 2 aliphatic rings. The van der Waals surface area contributed by atoms with Gasteiger partial charge in [-0.05, 0) is 72.0 Å². The maximum atomic E-state index is 12.6. The molecule has 0 saturated carbocycles. The summed E-state index contributed by atoms with van der Waals surface area (Å²) in [6, 6.07) is 19.4. The van der Waals surface area contributed by atoms with Crippen molar-refractivity contribution in [3.05, 3.63) is 120 Å². The molecule has 41 heavy (non-hydrogen) atoms. The zero-order valence-corrected chi connectivity index (χ0v) is 23.3. The smallest absolute Gasteiger partial charge is 0.255 e. The Bertz CT molecular complexity index is 1460. The van der Waals surface area contributed by atoms with Crippen molar-refractivity contribution < 1.29 is 4.79 Å². The monoisotopic (exact) mass is 545 g/mol. The Morgan fingerprint density at radius 2 is 1.76 bits per heavy atom. The van der Waals surface area contributed by atoms with Gasteiger partial charge in [0, 0.05) is 81.2 Å². The average molecular weight is 546 g/mol. The quantitative estimate of drug-likeness (QED) is 0.348. The van der Waals surface area contributed by atoms with E-state index in [-0.39, 0.29) is 5.91 Å². The highest BCUT2D eigenvalue weighted by Crippen LogP contribution is 2.23. The van der Waals surface area contributed by atoms with Crippen LogP contribution < -0.4 is 10.6 Å². The number of aromatic nitrogens is 1. The van der Waals surface area contributed by atoms with Crippen LogP contribution >= 0.6 is 0 Å². The molecule has 1 fully saturated rings. The molecule has 2 aromatic carbocycles. The molecule has 3 aromatic rings. The lowest BCUT2D eigenvalue weighted by Gasteiger charge is -2.35. The summed E-state index contributed by atoms with van der Waals surface area (Å²) in [5.74, 6) is 0.670. The minimum Gasteiger partial charge on any atom is -0.388 e. The number of allylic oxidation sites excluding steroid dienone is 4. The third kappa shape index (κ3) is 7.43. The number of piperazine rings is 1. The van der Waals surface area contributed by atoms with Gasteiger partial charge >= 0.3 is 0 Å². The van der Waals surface area contributed by atoms with E-state index >= 15 is 0 Å². The van der Waals surface area contributed by atoms with E-state index in [4.69, 9.17) is 4.99 Å². The summed E-state index contributed by atoms with van der Waals surface area (Å²) in [4.78, 5) is 30.4. The first-order chi connectivity index (χ1) is 20.1. The first-order valence-corrected chi connectivity index (χ1v) is 13.8. The van der Waals surface area contributed by atoms with E-state index in [9.17, 15) is 4.79 Å². The molecule has 1 saturated heterocycles. The number of carbonyl (C=O) groups excluding carboxylic acids is 1. The number of rotatable bonds is 9. The zero-order valence-electron chi connectivity index (χ0n) is 23.3. The van der Waals surface area contributed by atoms with Gasteiger partial charge in [-0.15, -0.1) is 0 Å². The maximum Gasteiger partial charge on any atom is 0.255 e. The first kappa shape index (κ1) is 27.7. The minimum atomic E-state index is -0.133. The number of nitrogens with one attached hydrogen (secondary N) is 2. The van der Waals surface area contributed by atoms with Crippen molar-refractivity contribution in [3.8, 4) is 0 Å². The highest BCUT2D eigenvalue weighted by Gasteiger charge is 2.18. The Balaban J connectivity index is 1.13. The SMILES string of the molecule is C=N/C(=C\N=C1C=CC(c2ccc(NC(=O)c3ccc(NC)cc3)cc2)=CC1)N1CCN(Cc2cccnc2)CC1. The van der Waals surface area contributed by atoms with E-state index in [1.165, 1.54) is 5.56 Å². The molecule has 0 radical (unpaired) electrons. The van der Waals surface area contributed by atoms with Gasteiger partial charge in [0.2, 0.25) is 0 Å². The van der Waals surface area contributed by atoms with Gasteiger partial charge in [0.1, 0.15) is 5.82 Å². The van der Waals surface area contributed by atoms with Gasteiger partial charge < -0.3 is 15.5 Å². The standard InChI is InChI=1S/C33H35N7O/c1-34-29-11-9-28(10-12-29)33(41)38-31-15-7-27(8-16-31)26-5-13-30(14-6-26)37-23-32(35-2)40-20-18-39(19-21-40)24-25-4-3-17-36-22-25/h3-13,15-17,22-23,34H,2,14,18-21,24H2,1H3,(H,38,41)/b32-23+,37-30?. The van der Waals surface area contributed by atoms with Crippen LogP contribution in [0.4, 0.5) is 11.4 Å². The normalized spacial score (nSPS) is 16.8. The van der Waals surface area contributed by atoms with Crippen LogP contribution in [0.15, 0.2) is 113 Å². The Labute approximate surface area is 241 Å². The molecule has 1 aliphatic heterocycles. The molecule has 1 amide bonds. The van der Waals surface area contributed by atoms with Crippen LogP contribution in [0.25, 0.3) is 5.57 Å². The summed E-state index contributed by atoms with van der Waals surface area (Å²) in [5.41, 5.74) is 6.75. The van der Waals surface area contributed by atoms with Gasteiger partial charge in [-0.2, -0.15) is 0 Å². The maximum absolute atomic E-state index is 12.6. The molecular weight excluding hydrogens is 510 g/mol. The number of carbonyl (C=O) groups is 1. The van der Waals surface area contributed by atoms with Crippen molar-refractivity contribution in [2.45, 2.75) is 13.0 Å². The molecule has 2 heterocycles. The van der Waals surface area contributed by atoms with Crippen molar-refractivity contribution in [3.63, 3.8) is 0 Å². The molecule has 1 aliphatic carbocycles. The molecule has 8 heteroatoms. The van der Waals surface area contributed by atoms with Gasteiger partial charge in [-0.3, -0.25) is 19.7 Å². The lowest BCUT2D eigenvalue weighted by atomic mass is 9.98. The second-order valence-electron chi connectivity index (χ2n) is 9.95. The number of benzene rings is 2. The van der Waals surface area contributed by atoms with E-state index in [1.54, 1.807) is 18.3 Å². The van der Waals surface area contributed by atoms with E-state index < -0.39 is 0 Å². The predicted molar refractivity (Wildman–Crippen MR) is 168 cm³/mol. The first-order valence-electron chi connectivity index (χ1n) is 13.8. The predicted octanol–water partition coefficient (Wildman–Crippen LogP) is 5.48. The van der Waals surface area contributed by atoms with Crippen LogP contribution in [0.3, 0.4) is 0 Å². The summed E-state index contributed by atoms with van der Waals surface area (Å²) in [6.07, 6.45) is 12.6. The molecule has 1 aromatic heterocycles. The Morgan fingerprint density at radius 1 is 1.00 bits per heavy atom. The lowest BCUT2D eigenvalue weighted by molar-refractivity contribution is 0.102. The molecule has 0 atom stereocenters. The fourth-order valence-electron chi connectivity index (χ4n) is 4.83. The average Bonchev–Trinajstić information content (AvgIpc) is 3.03. The number of hydrogen-bond acceptors (Lipinski definition) is 7. The summed E-state index contributed by atoms with van der Waals surface area (Å²) < 4.78 is 0. The number of hydrogen-bond donors (Lipinski definition) is 2. The summed E-state index contributed by atoms with van der Waals surface area (Å²) >= 11 is 0. The van der Waals surface area contributed by atoms with Crippen molar-refractivity contribution >= 4 is 35.3 Å². The molecule has 208 valence electrons. The fraction of sp³-hybridized carbons (Fsp3) is 0.212. The van der Waals surface area contributed by atoms with Gasteiger partial charge in [-0.1, -0.05) is 30.4 Å². The molecule has 0 bridgehead atoms. The molecule has 2 N–H and O–H groups in total. The third-order valence-electron chi connectivity index (χ3n) is 7.23. The number of aliphatic imine (C=N–C) groups is 2. The molecule has 0 spiro atoms. The fourth-order valence-corrected chi connectivity index (χ4v) is 4.83. The Kier molecular flexibility index (Phi) is 9.13. The Hall–Kier alpha value is -4.82. The minimum absolute atomic E-state index is 0.133. The summed E-state index contributed by atoms with van der Waals surface area (Å²) in [6.45, 7) is 8.37. The van der Waals surface area contributed by atoms with Crippen molar-refractivity contribution in [2.75, 3.05) is 43.9 Å². The van der Waals surface area contributed by atoms with Crippen LogP contribution in [0.2, 0.25) is 0 Å². The van der Waals surface area contributed by atoms with Crippen LogP contribution in [-0.2, 0) is 6.54 Å². The molecular formula is C33H35N7O. The van der Waals surface area contributed by atoms with E-state index in [0.29, 0.717) is 5.56 Å². The highest BCUT2D eigenvalue weighted by molar-refractivity contribution is 6.05. The second kappa shape index (κ2) is 13.5. The molecule has 5 rings (SSSR count). The van der Waals surface area contributed by atoms with Gasteiger partial charge in [0.15, 0.2) is 0 Å². The van der Waals surface area contributed by atoms with E-state index in [0.717, 1.165) is 73.2 Å². The van der Waals surface area contributed by atoms with Crippen molar-refractivity contribution in [1.29, 1.82) is 0 Å². The lowest BCUT2D eigenvalue weighted by Crippen LogP contribution is -2.45. The van der Waals surface area contributed by atoms with Crippen molar-refractivity contribution in [1.82, 2.24) is 14.8 Å². The van der Waals surface area contributed by atoms with Gasteiger partial charge in [0.25, 0.3) is 5.91 Å². The summed E-state index contributed by atoms with van der Waals surface area (Å²) in [7, 11) is 1.85. The largest absolute Gasteiger partial charge is 0.388 e. The highest BCUT2D eigenvalue weighted by atomic mass is 16.1. The number of pyridine rings is 1. The van der Waals surface area contributed by atoms with Crippen LogP contribution in [0, 0.1) is 0 Å². The molecule has 8 nitrogen and oxygen atoms in total. The van der Waals surface area contributed by atoms with E-state index in [2.05, 4.69) is 55.3 Å². The second-order valence-corrected chi connectivity index (χ2v) is 9.95. The van der Waals surface area contributed by atoms with Crippen LogP contribution in [-0.4, -0.2) is 66.3 Å². The third-order valence-corrected chi connectivity index (χ3v) is 7.23. The van der Waals surface area contributed by atoms with Gasteiger partial charge in [-0.25, -0.2) is 4.99 Å². The molecule has 0 unspecified atom stereocenters. The number of amides is 1. The summed E-state index contributed by atoms with van der Waals surface area (Å²) in [5, 5.41) is 6.01. The van der Waals surface area contributed by atoms with Crippen LogP contribution in [0.5, 0.6) is 0 Å². The van der Waals surface area contributed by atoms with E-state index in [1.807, 2.05) is 68.0 Å². The number of anilines is 2. The Morgan fingerprint density at radius 3 is 2.39 bits per heavy atom. The zero-order chi connectivity index (χ0) is 28.4. The van der Waals surface area contributed by atoms with Crippen molar-refractivity contribution in [2.24, 2.45) is 9.98 Å². The van der Waals surface area contributed by atoms with Crippen LogP contribution in [0.1, 0.15) is 27.9 Å². The topological polar surface area (TPSA) is 85.2 Å².